The summed E-state index contributed by atoms with van der Waals surface area (Å²) < 4.78 is 6.12. The van der Waals surface area contributed by atoms with Gasteiger partial charge in [-0.25, -0.2) is 4.79 Å². The van der Waals surface area contributed by atoms with Crippen molar-refractivity contribution >= 4 is 29.0 Å². The molecule has 3 amide bonds. The molecule has 7 heteroatoms. The van der Waals surface area contributed by atoms with Crippen LogP contribution in [0.3, 0.4) is 0 Å². The molecule has 0 bridgehead atoms. The Balaban J connectivity index is 1.65. The molecule has 0 aromatic heterocycles. The monoisotopic (exact) mass is 365 g/mol. The second-order valence-corrected chi connectivity index (χ2v) is 6.26. The summed E-state index contributed by atoms with van der Waals surface area (Å²) in [6, 6.07) is 14.7. The number of nitrogens with one attached hydrogen (secondary N) is 3. The molecule has 4 rings (SSSR count). The van der Waals surface area contributed by atoms with Crippen molar-refractivity contribution in [3.8, 4) is 0 Å². The highest BCUT2D eigenvalue weighted by Crippen LogP contribution is 2.45. The van der Waals surface area contributed by atoms with E-state index in [9.17, 15) is 9.59 Å². The molecule has 2 aliphatic rings. The lowest BCUT2D eigenvalue weighted by Crippen LogP contribution is -2.39. The maximum atomic E-state index is 12.6. The molecule has 0 saturated heterocycles. The lowest BCUT2D eigenvalue weighted by molar-refractivity contribution is -0.110. The van der Waals surface area contributed by atoms with Crippen LogP contribution in [0.5, 0.6) is 0 Å². The number of carbonyl (C=O) groups is 2. The number of urea groups is 1. The Morgan fingerprint density at radius 3 is 2.63 bits per heavy atom. The Morgan fingerprint density at radius 1 is 1.07 bits per heavy atom. The highest BCUT2D eigenvalue weighted by atomic mass is 16.5. The minimum Gasteiger partial charge on any atom is -0.482 e. The largest absolute Gasteiger partial charge is 0.482 e. The molecule has 0 fully saturated rings. The van der Waals surface area contributed by atoms with Crippen molar-refractivity contribution in [1.82, 2.24) is 10.6 Å². The van der Waals surface area contributed by atoms with E-state index >= 15 is 0 Å². The van der Waals surface area contributed by atoms with Gasteiger partial charge in [-0.1, -0.05) is 42.5 Å². The Kier molecular flexibility index (Phi) is 4.52. The van der Waals surface area contributed by atoms with Crippen molar-refractivity contribution in [1.29, 1.82) is 0 Å². The Morgan fingerprint density at radius 2 is 1.81 bits per heavy atom. The molecule has 7 nitrogen and oxygen atoms in total. The summed E-state index contributed by atoms with van der Waals surface area (Å²) in [6.07, 6.45) is -0.399. The van der Waals surface area contributed by atoms with Gasteiger partial charge in [0.25, 0.3) is 5.91 Å². The topological polar surface area (TPSA) is 99.7 Å². The van der Waals surface area contributed by atoms with Crippen LogP contribution in [-0.2, 0) is 9.53 Å². The number of rotatable bonds is 4. The average Bonchev–Trinajstić information content (AvgIpc) is 3.21. The molecule has 2 heterocycles. The molecule has 0 radical (unpaired) electrons. The number of carbonyl (C=O) groups excluding carboxylic acids is 2. The summed E-state index contributed by atoms with van der Waals surface area (Å²) in [5, 5.41) is 16.9. The summed E-state index contributed by atoms with van der Waals surface area (Å²) in [4.78, 5) is 24.3. The van der Waals surface area contributed by atoms with Crippen LogP contribution in [0.15, 0.2) is 48.5 Å². The van der Waals surface area contributed by atoms with Crippen molar-refractivity contribution in [3.63, 3.8) is 0 Å². The summed E-state index contributed by atoms with van der Waals surface area (Å²) in [5.41, 5.74) is 3.84. The number of ether oxygens (including phenoxy) is 1. The summed E-state index contributed by atoms with van der Waals surface area (Å²) in [5.74, 6) is 0.325. The zero-order valence-electron chi connectivity index (χ0n) is 14.5. The molecule has 0 saturated carbocycles. The minimum atomic E-state index is -0.399. The number of anilines is 1. The predicted molar refractivity (Wildman–Crippen MR) is 101 cm³/mol. The predicted octanol–water partition coefficient (Wildman–Crippen LogP) is 1.87. The normalized spacial score (nSPS) is 19.7. The standard InChI is InChI=1S/C20H19N3O4/c24-10-9-21-20(26)22-11-16-12-5-1-2-6-13(12)18(27-16)17-14-7-3-4-8-15(14)23-19(17)25/h1-8,16,24H,9-11H2,(H,23,25)(H2,21,22,26). The van der Waals surface area contributed by atoms with Gasteiger partial charge in [0.05, 0.1) is 18.7 Å². The van der Waals surface area contributed by atoms with Crippen molar-refractivity contribution in [2.24, 2.45) is 0 Å². The SMILES string of the molecule is O=C(NCCO)NCC1OC(=C2C(=O)Nc3ccccc32)c2ccccc21. The molecule has 2 aliphatic heterocycles. The second-order valence-electron chi connectivity index (χ2n) is 6.26. The molecule has 27 heavy (non-hydrogen) atoms. The number of fused-ring (bicyclic) bond motifs is 2. The van der Waals surface area contributed by atoms with E-state index in [0.29, 0.717) is 11.3 Å². The fourth-order valence-electron chi connectivity index (χ4n) is 3.36. The van der Waals surface area contributed by atoms with Gasteiger partial charge in [0, 0.05) is 28.9 Å². The zero-order valence-corrected chi connectivity index (χ0v) is 14.5. The molecule has 2 aromatic rings. The zero-order chi connectivity index (χ0) is 18.8. The number of amides is 3. The molecule has 0 spiro atoms. The quantitative estimate of drug-likeness (QED) is 0.622. The number of hydrogen-bond donors (Lipinski definition) is 4. The van der Waals surface area contributed by atoms with Gasteiger partial charge < -0.3 is 25.8 Å². The maximum absolute atomic E-state index is 12.6. The number of aliphatic hydroxyl groups excluding tert-OH is 1. The van der Waals surface area contributed by atoms with Gasteiger partial charge in [0.2, 0.25) is 0 Å². The van der Waals surface area contributed by atoms with E-state index in [1.165, 1.54) is 0 Å². The van der Waals surface area contributed by atoms with E-state index < -0.39 is 6.10 Å². The van der Waals surface area contributed by atoms with Gasteiger partial charge in [-0.2, -0.15) is 0 Å². The van der Waals surface area contributed by atoms with Gasteiger partial charge in [0.1, 0.15) is 11.9 Å². The molecule has 138 valence electrons. The maximum Gasteiger partial charge on any atom is 0.315 e. The van der Waals surface area contributed by atoms with Crippen LogP contribution in [0.25, 0.3) is 11.3 Å². The second kappa shape index (κ2) is 7.13. The summed E-state index contributed by atoms with van der Waals surface area (Å²) in [6.45, 7) is 0.301. The third-order valence-electron chi connectivity index (χ3n) is 4.56. The van der Waals surface area contributed by atoms with Gasteiger partial charge in [0.15, 0.2) is 0 Å². The molecular formula is C20H19N3O4. The molecule has 1 unspecified atom stereocenters. The first-order valence-corrected chi connectivity index (χ1v) is 8.72. The van der Waals surface area contributed by atoms with Gasteiger partial charge in [-0.15, -0.1) is 0 Å². The van der Waals surface area contributed by atoms with Crippen LogP contribution in [-0.4, -0.2) is 36.7 Å². The van der Waals surface area contributed by atoms with E-state index in [0.717, 1.165) is 22.4 Å². The first-order chi connectivity index (χ1) is 13.2. The number of benzene rings is 2. The lowest BCUT2D eigenvalue weighted by Gasteiger charge is -2.14. The minimum absolute atomic E-state index is 0.124. The van der Waals surface area contributed by atoms with E-state index in [2.05, 4.69) is 16.0 Å². The third-order valence-corrected chi connectivity index (χ3v) is 4.56. The van der Waals surface area contributed by atoms with Crippen LogP contribution in [0, 0.1) is 0 Å². The first kappa shape index (κ1) is 17.1. The molecular weight excluding hydrogens is 346 g/mol. The average molecular weight is 365 g/mol. The summed E-state index contributed by atoms with van der Waals surface area (Å²) >= 11 is 0. The summed E-state index contributed by atoms with van der Waals surface area (Å²) in [7, 11) is 0. The van der Waals surface area contributed by atoms with Crippen molar-refractivity contribution in [2.75, 3.05) is 25.0 Å². The van der Waals surface area contributed by atoms with Crippen molar-refractivity contribution in [3.05, 3.63) is 65.2 Å². The van der Waals surface area contributed by atoms with E-state index in [4.69, 9.17) is 9.84 Å². The van der Waals surface area contributed by atoms with E-state index in [-0.39, 0.29) is 31.6 Å². The van der Waals surface area contributed by atoms with Gasteiger partial charge in [-0.05, 0) is 6.07 Å². The third kappa shape index (κ3) is 3.13. The highest BCUT2D eigenvalue weighted by Gasteiger charge is 2.36. The Bertz CT molecular complexity index is 938. The first-order valence-electron chi connectivity index (χ1n) is 8.72. The van der Waals surface area contributed by atoms with Crippen LogP contribution in [0.4, 0.5) is 10.5 Å². The molecule has 4 N–H and O–H groups in total. The van der Waals surface area contributed by atoms with Gasteiger partial charge in [-0.3, -0.25) is 4.79 Å². The molecule has 2 aromatic carbocycles. The fourth-order valence-corrected chi connectivity index (χ4v) is 3.36. The Hall–Kier alpha value is -3.32. The Labute approximate surface area is 156 Å². The van der Waals surface area contributed by atoms with Crippen LogP contribution < -0.4 is 16.0 Å². The van der Waals surface area contributed by atoms with Crippen LogP contribution in [0.1, 0.15) is 22.8 Å². The number of para-hydroxylation sites is 1. The van der Waals surface area contributed by atoms with Gasteiger partial charge >= 0.3 is 6.03 Å². The highest BCUT2D eigenvalue weighted by molar-refractivity contribution is 6.36. The van der Waals surface area contributed by atoms with E-state index in [1.54, 1.807) is 0 Å². The van der Waals surface area contributed by atoms with Crippen molar-refractivity contribution < 1.29 is 19.4 Å². The fraction of sp³-hybridized carbons (Fsp3) is 0.200. The molecule has 1 atom stereocenters. The lowest BCUT2D eigenvalue weighted by atomic mass is 9.99. The van der Waals surface area contributed by atoms with Crippen LogP contribution in [0.2, 0.25) is 0 Å². The number of aliphatic hydroxyl groups is 1. The number of hydrogen-bond acceptors (Lipinski definition) is 4. The van der Waals surface area contributed by atoms with Crippen molar-refractivity contribution in [2.45, 2.75) is 6.10 Å². The van der Waals surface area contributed by atoms with E-state index in [1.807, 2.05) is 48.5 Å². The molecule has 0 aliphatic carbocycles. The van der Waals surface area contributed by atoms with Crippen LogP contribution >= 0.6 is 0 Å². The smallest absolute Gasteiger partial charge is 0.315 e.